The van der Waals surface area contributed by atoms with Crippen molar-refractivity contribution in [2.24, 2.45) is 0 Å². The topological polar surface area (TPSA) is 125 Å². The number of carbonyl (C=O) groups excluding carboxylic acids is 1. The largest absolute Gasteiger partial charge is 0.467 e. The van der Waals surface area contributed by atoms with Crippen molar-refractivity contribution in [1.29, 1.82) is 0 Å². The van der Waals surface area contributed by atoms with Crippen molar-refractivity contribution in [2.45, 2.75) is 44.6 Å². The molecule has 0 unspecified atom stereocenters. The van der Waals surface area contributed by atoms with Crippen LogP contribution in [0.1, 0.15) is 48.0 Å². The zero-order valence-electron chi connectivity index (χ0n) is 15.1. The normalized spacial score (nSPS) is 12.8. The number of hydrogen-bond acceptors (Lipinski definition) is 9. The highest BCUT2D eigenvalue weighted by atomic mass is 32.2. The molecule has 12 heteroatoms. The number of aromatic nitrogens is 4. The molecule has 0 saturated heterocycles. The molecule has 2 aromatic rings. The van der Waals surface area contributed by atoms with Crippen molar-refractivity contribution >= 4 is 27.3 Å². The average Bonchev–Trinajstić information content (AvgIpc) is 3.17. The first-order valence-electron chi connectivity index (χ1n) is 7.89. The summed E-state index contributed by atoms with van der Waals surface area (Å²) in [7, 11) is -2.49. The van der Waals surface area contributed by atoms with Crippen molar-refractivity contribution in [2.75, 3.05) is 13.7 Å². The van der Waals surface area contributed by atoms with Crippen molar-refractivity contribution in [3.8, 4) is 6.01 Å². The fourth-order valence-electron chi connectivity index (χ4n) is 2.28. The molecule has 1 atom stereocenters. The maximum absolute atomic E-state index is 12.6. The standard InChI is InChI=1S/C14H21N5O5S2/c1-6-19-11(16-17-13(19)23-5)9(4)18-26(21,22)14-15-8(3)10(25-14)12(20)24-7-2/h9,18H,6-7H2,1-5H3/t9-/m1/s1. The summed E-state index contributed by atoms with van der Waals surface area (Å²) in [6.45, 7) is 7.45. The Hall–Kier alpha value is -2.05. The van der Waals surface area contributed by atoms with Gasteiger partial charge in [-0.2, -0.15) is 4.72 Å². The molecule has 26 heavy (non-hydrogen) atoms. The Morgan fingerprint density at radius 2 is 2.04 bits per heavy atom. The van der Waals surface area contributed by atoms with Crippen LogP contribution in [0.25, 0.3) is 0 Å². The summed E-state index contributed by atoms with van der Waals surface area (Å²) < 4.78 is 39.2. The quantitative estimate of drug-likeness (QED) is 0.654. The van der Waals surface area contributed by atoms with Gasteiger partial charge in [0.15, 0.2) is 5.82 Å². The van der Waals surface area contributed by atoms with Gasteiger partial charge in [-0.05, 0) is 27.7 Å². The van der Waals surface area contributed by atoms with Gasteiger partial charge in [0.2, 0.25) is 4.34 Å². The van der Waals surface area contributed by atoms with Crippen LogP contribution >= 0.6 is 11.3 Å². The molecule has 0 bridgehead atoms. The SMILES string of the molecule is CCOC(=O)c1sc(S(=O)(=O)N[C@H](C)c2nnc(OC)n2CC)nc1C. The van der Waals surface area contributed by atoms with Crippen molar-refractivity contribution in [3.05, 3.63) is 16.4 Å². The van der Waals surface area contributed by atoms with Crippen LogP contribution in [-0.4, -0.2) is 47.9 Å². The second-order valence-electron chi connectivity index (χ2n) is 5.25. The lowest BCUT2D eigenvalue weighted by Crippen LogP contribution is -2.29. The van der Waals surface area contributed by atoms with E-state index in [0.717, 1.165) is 11.3 Å². The maximum Gasteiger partial charge on any atom is 0.350 e. The number of hydrogen-bond donors (Lipinski definition) is 1. The zero-order chi connectivity index (χ0) is 19.5. The molecule has 0 spiro atoms. The number of esters is 1. The summed E-state index contributed by atoms with van der Waals surface area (Å²) >= 11 is 0.768. The van der Waals surface area contributed by atoms with Crippen molar-refractivity contribution < 1.29 is 22.7 Å². The number of rotatable bonds is 8. The molecular weight excluding hydrogens is 382 g/mol. The molecule has 0 aliphatic rings. The van der Waals surface area contributed by atoms with Crippen LogP contribution < -0.4 is 9.46 Å². The van der Waals surface area contributed by atoms with Crippen LogP contribution in [0.15, 0.2) is 4.34 Å². The smallest absolute Gasteiger partial charge is 0.350 e. The summed E-state index contributed by atoms with van der Waals surface area (Å²) in [5.41, 5.74) is 0.305. The zero-order valence-corrected chi connectivity index (χ0v) is 16.8. The van der Waals surface area contributed by atoms with E-state index in [1.807, 2.05) is 6.92 Å². The summed E-state index contributed by atoms with van der Waals surface area (Å²) in [6, 6.07) is -0.380. The van der Waals surface area contributed by atoms with Crippen LogP contribution in [0.4, 0.5) is 0 Å². The third-order valence-electron chi connectivity index (χ3n) is 3.43. The number of thiazole rings is 1. The highest BCUT2D eigenvalue weighted by molar-refractivity contribution is 7.91. The molecule has 0 fully saturated rings. The second kappa shape index (κ2) is 8.10. The van der Waals surface area contributed by atoms with E-state index in [-0.39, 0.29) is 15.8 Å². The van der Waals surface area contributed by atoms with Gasteiger partial charge in [0, 0.05) is 6.54 Å². The van der Waals surface area contributed by atoms with E-state index in [9.17, 15) is 13.2 Å². The van der Waals surface area contributed by atoms with E-state index in [1.54, 1.807) is 25.3 Å². The van der Waals surface area contributed by atoms with E-state index < -0.39 is 22.0 Å². The van der Waals surface area contributed by atoms with Crippen LogP contribution in [-0.2, 0) is 21.3 Å². The van der Waals surface area contributed by atoms with Crippen LogP contribution in [0.2, 0.25) is 0 Å². The van der Waals surface area contributed by atoms with Crippen LogP contribution in [0.3, 0.4) is 0 Å². The molecule has 0 aromatic carbocycles. The minimum absolute atomic E-state index is 0.165. The van der Waals surface area contributed by atoms with E-state index >= 15 is 0 Å². The predicted octanol–water partition coefficient (Wildman–Crippen LogP) is 1.29. The number of methoxy groups -OCH3 is 1. The molecule has 10 nitrogen and oxygen atoms in total. The van der Waals surface area contributed by atoms with Gasteiger partial charge in [-0.15, -0.1) is 5.10 Å². The third-order valence-corrected chi connectivity index (χ3v) is 6.49. The van der Waals surface area contributed by atoms with Gasteiger partial charge >= 0.3 is 12.0 Å². The minimum atomic E-state index is -3.95. The summed E-state index contributed by atoms with van der Waals surface area (Å²) in [4.78, 5) is 16.0. The Labute approximate surface area is 155 Å². The van der Waals surface area contributed by atoms with Gasteiger partial charge in [-0.25, -0.2) is 18.2 Å². The molecule has 0 amide bonds. The lowest BCUT2D eigenvalue weighted by Gasteiger charge is -2.13. The van der Waals surface area contributed by atoms with E-state index in [0.29, 0.717) is 24.1 Å². The van der Waals surface area contributed by atoms with Gasteiger partial charge in [0.1, 0.15) is 4.88 Å². The van der Waals surface area contributed by atoms with Crippen LogP contribution in [0.5, 0.6) is 6.01 Å². The van der Waals surface area contributed by atoms with Crippen molar-refractivity contribution in [3.63, 3.8) is 0 Å². The number of sulfonamides is 1. The van der Waals surface area contributed by atoms with Gasteiger partial charge in [0.25, 0.3) is 10.0 Å². The first kappa shape index (κ1) is 20.3. The fourth-order valence-corrected chi connectivity index (χ4v) is 4.73. The Balaban J connectivity index is 2.27. The van der Waals surface area contributed by atoms with E-state index in [1.165, 1.54) is 7.11 Å². The summed E-state index contributed by atoms with van der Waals surface area (Å²) in [5, 5.41) is 7.85. The van der Waals surface area contributed by atoms with Gasteiger partial charge in [-0.1, -0.05) is 16.4 Å². The molecular formula is C14H21N5O5S2. The number of nitrogens with one attached hydrogen (secondary N) is 1. The Morgan fingerprint density at radius 3 is 2.62 bits per heavy atom. The highest BCUT2D eigenvalue weighted by Crippen LogP contribution is 2.25. The Kier molecular flexibility index (Phi) is 6.31. The van der Waals surface area contributed by atoms with E-state index in [2.05, 4.69) is 19.9 Å². The number of carbonyl (C=O) groups is 1. The van der Waals surface area contributed by atoms with Crippen LogP contribution in [0, 0.1) is 6.92 Å². The molecule has 0 aliphatic heterocycles. The highest BCUT2D eigenvalue weighted by Gasteiger charge is 2.28. The third kappa shape index (κ3) is 4.02. The Morgan fingerprint density at radius 1 is 1.35 bits per heavy atom. The average molecular weight is 403 g/mol. The van der Waals surface area contributed by atoms with Crippen molar-refractivity contribution in [1.82, 2.24) is 24.5 Å². The fraction of sp³-hybridized carbons (Fsp3) is 0.571. The van der Waals surface area contributed by atoms with Gasteiger partial charge in [0.05, 0.1) is 25.5 Å². The molecule has 0 saturated carbocycles. The van der Waals surface area contributed by atoms with Gasteiger partial charge < -0.3 is 9.47 Å². The Bertz CT molecular complexity index is 890. The molecule has 2 aromatic heterocycles. The first-order chi connectivity index (χ1) is 12.2. The first-order valence-corrected chi connectivity index (χ1v) is 10.2. The minimum Gasteiger partial charge on any atom is -0.467 e. The van der Waals surface area contributed by atoms with E-state index in [4.69, 9.17) is 9.47 Å². The number of ether oxygens (including phenoxy) is 2. The number of aryl methyl sites for hydroxylation is 1. The molecule has 0 radical (unpaired) electrons. The lowest BCUT2D eigenvalue weighted by molar-refractivity contribution is 0.0531. The number of nitrogens with zero attached hydrogens (tertiary/aromatic N) is 4. The maximum atomic E-state index is 12.6. The second-order valence-corrected chi connectivity index (χ2v) is 8.13. The summed E-state index contributed by atoms with van der Waals surface area (Å²) in [6.07, 6.45) is 0. The molecule has 2 heterocycles. The molecule has 1 N–H and O–H groups in total. The van der Waals surface area contributed by atoms with Gasteiger partial charge in [-0.3, -0.25) is 4.57 Å². The molecule has 0 aliphatic carbocycles. The summed E-state index contributed by atoms with van der Waals surface area (Å²) in [5.74, 6) is -0.181. The monoisotopic (exact) mass is 403 g/mol. The predicted molar refractivity (Wildman–Crippen MR) is 93.8 cm³/mol. The molecule has 144 valence electrons. The molecule has 2 rings (SSSR count). The lowest BCUT2D eigenvalue weighted by atomic mass is 10.3.